The number of rotatable bonds is 72. The van der Waals surface area contributed by atoms with E-state index in [4.69, 9.17) is 15.1 Å². The molecule has 0 heterocycles. The zero-order chi connectivity index (χ0) is 63.5. The third kappa shape index (κ3) is 75.5. The van der Waals surface area contributed by atoms with Gasteiger partial charge in [-0.2, -0.15) is 0 Å². The average Bonchev–Trinajstić information content (AvgIpc) is 3.65. The molecule has 0 fully saturated rings. The van der Waals surface area contributed by atoms with Gasteiger partial charge < -0.3 is 15.1 Å². The van der Waals surface area contributed by atoms with E-state index < -0.39 is 21.8 Å². The summed E-state index contributed by atoms with van der Waals surface area (Å²) in [7, 11) is -4.06. The topological polar surface area (TPSA) is 66.3 Å². The van der Waals surface area contributed by atoms with Gasteiger partial charge in [0.25, 0.3) is 0 Å². The zero-order valence-corrected chi connectivity index (χ0v) is 63.4. The van der Waals surface area contributed by atoms with Crippen LogP contribution in [0.5, 0.6) is 0 Å². The first-order chi connectivity index (χ1) is 42.2. The summed E-state index contributed by atoms with van der Waals surface area (Å²) >= 11 is 0. The molecule has 0 saturated carbocycles. The Bertz CT molecular complexity index is 984. The van der Waals surface area contributed by atoms with Gasteiger partial charge in [0.05, 0.1) is 56.6 Å². The lowest BCUT2D eigenvalue weighted by atomic mass is 10.0. The van der Waals surface area contributed by atoms with Crippen LogP contribution in [0, 0.1) is 0 Å². The van der Waals surface area contributed by atoms with Gasteiger partial charge in [0.1, 0.15) is 0 Å². The summed E-state index contributed by atoms with van der Waals surface area (Å²) in [4.78, 5) is 0. The second kappa shape index (κ2) is 80.0. The summed E-state index contributed by atoms with van der Waals surface area (Å²) in [5.41, 5.74) is 0. The molecule has 0 aromatic heterocycles. The maximum atomic E-state index is 8.53. The predicted octanol–water partition coefficient (Wildman–Crippen LogP) is 27.8. The van der Waals surface area contributed by atoms with Crippen LogP contribution in [0.15, 0.2) is 0 Å². The van der Waals surface area contributed by atoms with Crippen molar-refractivity contribution in [2.75, 3.05) is 49.3 Å². The monoisotopic (exact) mass is 1250 g/mol. The maximum absolute atomic E-state index is 8.53. The molecule has 0 bridgehead atoms. The van der Waals surface area contributed by atoms with E-state index in [9.17, 15) is 0 Å². The quantitative estimate of drug-likeness (QED) is 0.0375. The van der Waals surface area contributed by atoms with E-state index in [0.717, 1.165) is 0 Å². The molecule has 0 aromatic rings. The molecule has 0 radical (unpaired) electrons. The second-order valence-corrected chi connectivity index (χ2v) is 37.5. The van der Waals surface area contributed by atoms with Gasteiger partial charge in [0.15, 0.2) is 0 Å². The molecule has 0 aliphatic rings. The summed E-state index contributed by atoms with van der Waals surface area (Å²) in [5.74, 6) is 0. The van der Waals surface area contributed by atoms with Crippen molar-refractivity contribution < 1.29 is 15.1 Å². The van der Waals surface area contributed by atoms with Crippen LogP contribution in [0.3, 0.4) is 0 Å². The standard InChI is InChI=1S/2C40H84P.BHO3/c2*1-5-9-13-15-17-19-21-23-25-27-29-31-33-35-39-41(37-11-7-3,38-12-8-4)40-36-34-32-30-28-26-24-22-20-18-16-14-10-6-2;2-1(3)4/h2*5-40H2,1-4H3;2H/q2*+1;-2. The summed E-state index contributed by atoms with van der Waals surface area (Å²) in [6.45, 7) is 19.0. The van der Waals surface area contributed by atoms with Crippen LogP contribution in [-0.4, -0.2) is 61.6 Å². The molecule has 86 heavy (non-hydrogen) atoms. The van der Waals surface area contributed by atoms with E-state index in [2.05, 4.69) is 55.4 Å². The highest BCUT2D eigenvalue weighted by Gasteiger charge is 2.36. The molecule has 3 nitrogen and oxygen atoms in total. The first-order valence-corrected chi connectivity index (χ1v) is 46.0. The van der Waals surface area contributed by atoms with Crippen LogP contribution in [0.1, 0.15) is 466 Å². The highest BCUT2D eigenvalue weighted by atomic mass is 31.2. The first kappa shape index (κ1) is 91.0. The number of unbranched alkanes of at least 4 members (excludes halogenated alkanes) is 56. The SMILES string of the molecule is CCCCCCCCCCCCCCCC[P+](CCCC)(CCCC)CCCCCCCCCCCCCCCC.CCCCCCCCCCCCCCCC[P+](CCCC)(CCCC)CCCCCCCCCCCCCCCC.[O-]B([O-])O. The molecule has 0 aliphatic carbocycles. The molecule has 0 amide bonds. The lowest BCUT2D eigenvalue weighted by Crippen LogP contribution is -2.44. The van der Waals surface area contributed by atoms with Crippen LogP contribution in [0.2, 0.25) is 0 Å². The summed E-state index contributed by atoms with van der Waals surface area (Å²) in [6, 6.07) is 0. The smallest absolute Gasteiger partial charge is 0.0594 e. The fraction of sp³-hybridized carbons (Fsp3) is 1.00. The maximum Gasteiger partial charge on any atom is 0.0594 e. The van der Waals surface area contributed by atoms with Crippen molar-refractivity contribution in [1.82, 2.24) is 0 Å². The van der Waals surface area contributed by atoms with E-state index in [1.165, 1.54) is 385 Å². The molecule has 0 aliphatic heterocycles. The fourth-order valence-electron chi connectivity index (χ4n) is 13.9. The fourth-order valence-corrected chi connectivity index (χ4v) is 24.1. The van der Waals surface area contributed by atoms with E-state index in [1.54, 1.807) is 75.0 Å². The van der Waals surface area contributed by atoms with Crippen molar-refractivity contribution in [2.24, 2.45) is 0 Å². The number of hydrogen-bond donors (Lipinski definition) is 1. The van der Waals surface area contributed by atoms with Crippen LogP contribution >= 0.6 is 14.5 Å². The summed E-state index contributed by atoms with van der Waals surface area (Å²) < 4.78 is 0. The molecule has 0 unspecified atom stereocenters. The van der Waals surface area contributed by atoms with Crippen molar-refractivity contribution in [3.05, 3.63) is 0 Å². The molecule has 0 aromatic carbocycles. The summed E-state index contributed by atoms with van der Waals surface area (Å²) in [5, 5.41) is 24.0. The van der Waals surface area contributed by atoms with Crippen LogP contribution < -0.4 is 10.0 Å². The molecular weight excluding hydrogens is 1080 g/mol. The Morgan fingerprint density at radius 2 is 0.244 bits per heavy atom. The van der Waals surface area contributed by atoms with Crippen LogP contribution in [-0.2, 0) is 0 Å². The molecule has 520 valence electrons. The largest absolute Gasteiger partial charge is 0.871 e. The number of hydrogen-bond acceptors (Lipinski definition) is 3. The average molecular weight is 1250 g/mol. The Hall–Kier alpha value is 0.805. The molecular formula is C80H169BO3P2. The molecule has 1 N–H and O–H groups in total. The Morgan fingerprint density at radius 1 is 0.163 bits per heavy atom. The van der Waals surface area contributed by atoms with Crippen molar-refractivity contribution in [2.45, 2.75) is 466 Å². The normalized spacial score (nSPS) is 11.8. The van der Waals surface area contributed by atoms with Crippen molar-refractivity contribution in [3.63, 3.8) is 0 Å². The van der Waals surface area contributed by atoms with Gasteiger partial charge in [0.2, 0.25) is 0 Å². The minimum Gasteiger partial charge on any atom is -0.871 e. The zero-order valence-electron chi connectivity index (χ0n) is 61.6. The van der Waals surface area contributed by atoms with E-state index >= 15 is 0 Å². The molecule has 0 spiro atoms. The van der Waals surface area contributed by atoms with Crippen LogP contribution in [0.4, 0.5) is 0 Å². The lowest BCUT2D eigenvalue weighted by Gasteiger charge is -2.28. The van der Waals surface area contributed by atoms with Crippen LogP contribution in [0.25, 0.3) is 0 Å². The van der Waals surface area contributed by atoms with Gasteiger partial charge in [-0.3, -0.25) is 0 Å². The molecule has 0 rings (SSSR count). The highest BCUT2D eigenvalue weighted by molar-refractivity contribution is 7.76. The van der Waals surface area contributed by atoms with E-state index in [1.807, 2.05) is 0 Å². The van der Waals surface area contributed by atoms with E-state index in [0.29, 0.717) is 0 Å². The first-order valence-electron chi connectivity index (χ1n) is 40.9. The minimum atomic E-state index is -2.67. The summed E-state index contributed by atoms with van der Waals surface area (Å²) in [6.07, 6.45) is 108. The third-order valence-corrected chi connectivity index (χ3v) is 30.0. The molecule has 6 heteroatoms. The Labute approximate surface area is 549 Å². The Balaban J connectivity index is -0.00000151. The van der Waals surface area contributed by atoms with Crippen molar-refractivity contribution >= 4 is 21.8 Å². The van der Waals surface area contributed by atoms with Crippen molar-refractivity contribution in [3.8, 4) is 0 Å². The van der Waals surface area contributed by atoms with Gasteiger partial charge in [0, 0.05) is 14.5 Å². The molecule has 0 saturated heterocycles. The lowest BCUT2D eigenvalue weighted by molar-refractivity contribution is -0.376. The highest BCUT2D eigenvalue weighted by Crippen LogP contribution is 2.62. The molecule has 0 atom stereocenters. The Kier molecular flexibility index (Phi) is 84.7. The minimum absolute atomic E-state index is 0.698. The predicted molar refractivity (Wildman–Crippen MR) is 402 cm³/mol. The van der Waals surface area contributed by atoms with Gasteiger partial charge in [-0.1, -0.05) is 389 Å². The van der Waals surface area contributed by atoms with E-state index in [-0.39, 0.29) is 0 Å². The van der Waals surface area contributed by atoms with Gasteiger partial charge in [-0.25, -0.2) is 0 Å². The van der Waals surface area contributed by atoms with Gasteiger partial charge in [-0.15, -0.1) is 0 Å². The van der Waals surface area contributed by atoms with Gasteiger partial charge >= 0.3 is 0 Å². The van der Waals surface area contributed by atoms with Crippen molar-refractivity contribution in [1.29, 1.82) is 0 Å². The van der Waals surface area contributed by atoms with Gasteiger partial charge in [-0.05, 0) is 77.0 Å². The Morgan fingerprint density at radius 3 is 0.349 bits per heavy atom. The third-order valence-electron chi connectivity index (χ3n) is 19.9. The second-order valence-electron chi connectivity index (χ2n) is 28.6.